The van der Waals surface area contributed by atoms with E-state index in [1.54, 1.807) is 13.8 Å². The number of nitrogens with two attached hydrogens (primary N) is 3. The number of rotatable bonds is 14. The summed E-state index contributed by atoms with van der Waals surface area (Å²) in [5.74, 6) is -4.11. The fraction of sp³-hybridized carbons (Fsp3) is 0.706. The number of hydrogen-bond donors (Lipinski definition) is 7. The fourth-order valence-corrected chi connectivity index (χ4v) is 2.40. The summed E-state index contributed by atoms with van der Waals surface area (Å²) in [6.45, 7) is 3.69. The number of hydrogen-bond acceptors (Lipinski definition) is 6. The van der Waals surface area contributed by atoms with Gasteiger partial charge in [0.15, 0.2) is 5.96 Å². The van der Waals surface area contributed by atoms with Crippen LogP contribution in [0.25, 0.3) is 0 Å². The lowest BCUT2D eigenvalue weighted by molar-refractivity contribution is -0.143. The average Bonchev–Trinajstić information content (AvgIpc) is 2.64. The number of amides is 2. The minimum atomic E-state index is -1.18. The molecule has 0 radical (unpaired) electrons. The lowest BCUT2D eigenvalue weighted by Gasteiger charge is -2.25. The molecule has 0 spiro atoms. The van der Waals surface area contributed by atoms with Crippen LogP contribution in [0.4, 0.5) is 0 Å². The molecule has 0 aromatic heterocycles. The molecule has 0 saturated heterocycles. The van der Waals surface area contributed by atoms with E-state index >= 15 is 0 Å². The Morgan fingerprint density at radius 2 is 1.66 bits per heavy atom. The van der Waals surface area contributed by atoms with E-state index in [1.165, 1.54) is 0 Å². The Bertz CT molecular complexity index is 607. The van der Waals surface area contributed by atoms with Gasteiger partial charge in [-0.05, 0) is 25.2 Å². The van der Waals surface area contributed by atoms with E-state index in [2.05, 4.69) is 15.6 Å². The molecule has 166 valence electrons. The number of guanidine groups is 1. The zero-order chi connectivity index (χ0) is 22.6. The summed E-state index contributed by atoms with van der Waals surface area (Å²) in [7, 11) is 0. The predicted octanol–water partition coefficient (Wildman–Crippen LogP) is -1.67. The molecular weight excluding hydrogens is 384 g/mol. The predicted molar refractivity (Wildman–Crippen MR) is 106 cm³/mol. The molecular formula is C17H32N6O6. The largest absolute Gasteiger partial charge is 0.481 e. The molecule has 12 nitrogen and oxygen atoms in total. The van der Waals surface area contributed by atoms with Crippen LogP contribution in [0.5, 0.6) is 0 Å². The number of carboxylic acids is 2. The van der Waals surface area contributed by atoms with E-state index in [0.717, 1.165) is 0 Å². The molecule has 10 N–H and O–H groups in total. The lowest BCUT2D eigenvalue weighted by atomic mass is 9.98. The minimum absolute atomic E-state index is 0.103. The standard InChI is InChI=1S/C17H32N6O6/c1-3-9(2)13(16(28)29)23-15(27)11(5-4-8-21-17(19)20)22-14(26)10(18)6-7-12(24)25/h9-11,13H,3-8,18H2,1-2H3,(H,22,26)(H,23,27)(H,24,25)(H,28,29)(H4,19,20,21). The van der Waals surface area contributed by atoms with Crippen LogP contribution >= 0.6 is 0 Å². The van der Waals surface area contributed by atoms with Crippen molar-refractivity contribution in [3.63, 3.8) is 0 Å². The van der Waals surface area contributed by atoms with Gasteiger partial charge in [-0.2, -0.15) is 0 Å². The number of carbonyl (C=O) groups excluding carboxylic acids is 2. The third-order valence-corrected chi connectivity index (χ3v) is 4.36. The normalized spacial score (nSPS) is 14.7. The van der Waals surface area contributed by atoms with Crippen LogP contribution in [0, 0.1) is 5.92 Å². The van der Waals surface area contributed by atoms with Gasteiger partial charge >= 0.3 is 11.9 Å². The minimum Gasteiger partial charge on any atom is -0.481 e. The number of carboxylic acid groups (broad SMARTS) is 2. The highest BCUT2D eigenvalue weighted by atomic mass is 16.4. The van der Waals surface area contributed by atoms with Crippen molar-refractivity contribution in [2.24, 2.45) is 28.1 Å². The molecule has 0 aromatic carbocycles. The summed E-state index contributed by atoms with van der Waals surface area (Å²) in [5.41, 5.74) is 16.2. The van der Waals surface area contributed by atoms with Crippen LogP contribution in [0.3, 0.4) is 0 Å². The maximum atomic E-state index is 12.6. The van der Waals surface area contributed by atoms with E-state index in [0.29, 0.717) is 12.8 Å². The Morgan fingerprint density at radius 3 is 2.14 bits per heavy atom. The zero-order valence-electron chi connectivity index (χ0n) is 16.8. The van der Waals surface area contributed by atoms with Gasteiger partial charge in [0.25, 0.3) is 0 Å². The maximum Gasteiger partial charge on any atom is 0.326 e. The van der Waals surface area contributed by atoms with Crippen molar-refractivity contribution in [2.45, 2.75) is 64.1 Å². The number of nitrogens with zero attached hydrogens (tertiary/aromatic N) is 1. The molecule has 12 heteroatoms. The first-order valence-electron chi connectivity index (χ1n) is 9.35. The van der Waals surface area contributed by atoms with Crippen LogP contribution in [0.2, 0.25) is 0 Å². The molecule has 4 unspecified atom stereocenters. The number of carbonyl (C=O) groups is 4. The van der Waals surface area contributed by atoms with Crippen LogP contribution < -0.4 is 27.8 Å². The molecule has 0 fully saturated rings. The third kappa shape index (κ3) is 10.9. The second kappa shape index (κ2) is 13.3. The van der Waals surface area contributed by atoms with Crippen molar-refractivity contribution in [2.75, 3.05) is 6.54 Å². The summed E-state index contributed by atoms with van der Waals surface area (Å²) in [6, 6.07) is -3.31. The molecule has 0 aromatic rings. The van der Waals surface area contributed by atoms with Crippen molar-refractivity contribution in [3.8, 4) is 0 Å². The molecule has 4 atom stereocenters. The molecule has 0 rings (SSSR count). The Hall–Kier alpha value is -2.89. The number of aliphatic imine (C=N–C) groups is 1. The zero-order valence-corrected chi connectivity index (χ0v) is 16.8. The van der Waals surface area contributed by atoms with Gasteiger partial charge in [-0.3, -0.25) is 19.4 Å². The Labute approximate surface area is 169 Å². The second-order valence-electron chi connectivity index (χ2n) is 6.76. The highest BCUT2D eigenvalue weighted by molar-refractivity contribution is 5.92. The van der Waals surface area contributed by atoms with Crippen molar-refractivity contribution in [1.82, 2.24) is 10.6 Å². The molecule has 0 aliphatic rings. The third-order valence-electron chi connectivity index (χ3n) is 4.36. The van der Waals surface area contributed by atoms with Gasteiger partial charge in [0.2, 0.25) is 11.8 Å². The monoisotopic (exact) mass is 416 g/mol. The molecule has 0 saturated carbocycles. The van der Waals surface area contributed by atoms with E-state index in [4.69, 9.17) is 22.3 Å². The van der Waals surface area contributed by atoms with Crippen LogP contribution in [0.1, 0.15) is 46.0 Å². The second-order valence-corrected chi connectivity index (χ2v) is 6.76. The van der Waals surface area contributed by atoms with Gasteiger partial charge in [0.1, 0.15) is 12.1 Å². The van der Waals surface area contributed by atoms with Gasteiger partial charge < -0.3 is 38.0 Å². The van der Waals surface area contributed by atoms with Crippen LogP contribution in [-0.4, -0.2) is 64.6 Å². The Balaban J connectivity index is 5.17. The summed E-state index contributed by atoms with van der Waals surface area (Å²) in [4.78, 5) is 50.7. The van der Waals surface area contributed by atoms with E-state index in [9.17, 15) is 24.3 Å². The van der Waals surface area contributed by atoms with Crippen LogP contribution in [-0.2, 0) is 19.2 Å². The molecule has 0 aliphatic carbocycles. The van der Waals surface area contributed by atoms with E-state index < -0.39 is 41.9 Å². The van der Waals surface area contributed by atoms with Crippen molar-refractivity contribution >= 4 is 29.7 Å². The topological polar surface area (TPSA) is 223 Å². The first-order valence-corrected chi connectivity index (χ1v) is 9.35. The van der Waals surface area contributed by atoms with Crippen molar-refractivity contribution in [1.29, 1.82) is 0 Å². The molecule has 29 heavy (non-hydrogen) atoms. The highest BCUT2D eigenvalue weighted by Gasteiger charge is 2.30. The molecule has 0 aliphatic heterocycles. The Morgan fingerprint density at radius 1 is 1.03 bits per heavy atom. The molecule has 0 heterocycles. The maximum absolute atomic E-state index is 12.6. The van der Waals surface area contributed by atoms with E-state index in [1.807, 2.05) is 0 Å². The Kier molecular flexibility index (Phi) is 12.0. The molecule has 0 bridgehead atoms. The van der Waals surface area contributed by atoms with Crippen molar-refractivity contribution in [3.05, 3.63) is 0 Å². The summed E-state index contributed by atoms with van der Waals surface area (Å²) in [5, 5.41) is 22.9. The van der Waals surface area contributed by atoms with Gasteiger partial charge in [-0.25, -0.2) is 4.79 Å². The fourth-order valence-electron chi connectivity index (χ4n) is 2.40. The smallest absolute Gasteiger partial charge is 0.326 e. The van der Waals surface area contributed by atoms with Crippen molar-refractivity contribution < 1.29 is 29.4 Å². The van der Waals surface area contributed by atoms with Crippen LogP contribution in [0.15, 0.2) is 4.99 Å². The summed E-state index contributed by atoms with van der Waals surface area (Å²) in [6.07, 6.45) is 0.590. The SMILES string of the molecule is CCC(C)C(NC(=O)C(CCCN=C(N)N)NC(=O)C(N)CCC(=O)O)C(=O)O. The lowest BCUT2D eigenvalue weighted by Crippen LogP contribution is -2.55. The summed E-state index contributed by atoms with van der Waals surface area (Å²) >= 11 is 0. The van der Waals surface area contributed by atoms with Gasteiger partial charge in [-0.15, -0.1) is 0 Å². The quantitative estimate of drug-likeness (QED) is 0.0975. The van der Waals surface area contributed by atoms with Gasteiger partial charge in [0, 0.05) is 13.0 Å². The van der Waals surface area contributed by atoms with Gasteiger partial charge in [-0.1, -0.05) is 20.3 Å². The first-order chi connectivity index (χ1) is 13.5. The first kappa shape index (κ1) is 26.1. The highest BCUT2D eigenvalue weighted by Crippen LogP contribution is 2.09. The number of nitrogens with one attached hydrogen (secondary N) is 2. The number of aliphatic carboxylic acids is 2. The summed E-state index contributed by atoms with van der Waals surface area (Å²) < 4.78 is 0. The average molecular weight is 416 g/mol. The van der Waals surface area contributed by atoms with E-state index in [-0.39, 0.29) is 37.7 Å². The molecule has 2 amide bonds. The van der Waals surface area contributed by atoms with Gasteiger partial charge in [0.05, 0.1) is 6.04 Å².